The highest BCUT2D eigenvalue weighted by Gasteiger charge is 2.34. The number of aromatic nitrogens is 1. The van der Waals surface area contributed by atoms with E-state index < -0.39 is 0 Å². The highest BCUT2D eigenvalue weighted by atomic mass is 32.2. The number of pyridine rings is 1. The minimum absolute atomic E-state index is 0.0195. The van der Waals surface area contributed by atoms with Crippen LogP contribution in [0, 0.1) is 18.3 Å². The van der Waals surface area contributed by atoms with E-state index in [-0.39, 0.29) is 29.2 Å². The van der Waals surface area contributed by atoms with Crippen molar-refractivity contribution in [2.24, 2.45) is 0 Å². The lowest BCUT2D eigenvalue weighted by atomic mass is 10.0. The average molecular weight is 537 g/mol. The summed E-state index contributed by atoms with van der Waals surface area (Å²) >= 11 is 6.85. The molecule has 2 atom stereocenters. The molecule has 2 fully saturated rings. The quantitative estimate of drug-likeness (QED) is 0.381. The number of carbonyl (C=O) groups excluding carboxylic acids is 1. The summed E-state index contributed by atoms with van der Waals surface area (Å²) in [7, 11) is 0. The van der Waals surface area contributed by atoms with E-state index in [1.807, 2.05) is 57.2 Å². The average Bonchev–Trinajstić information content (AvgIpc) is 3.13. The summed E-state index contributed by atoms with van der Waals surface area (Å²) in [4.78, 5) is 31.1. The Balaban J connectivity index is 1.78. The molecular formula is C28H32N4O3S2. The molecule has 2 aliphatic rings. The SMILES string of the molecule is CCCn1c(N2CC(C)OC(C)C2)c(C=C2SC(=S)N(CCc3ccccc3)C2=O)c(C)c(C#N)c1=O. The van der Waals surface area contributed by atoms with Gasteiger partial charge in [-0.25, -0.2) is 0 Å². The van der Waals surface area contributed by atoms with Crippen molar-refractivity contribution in [1.29, 1.82) is 5.26 Å². The van der Waals surface area contributed by atoms with Crippen molar-refractivity contribution in [3.8, 4) is 6.07 Å². The van der Waals surface area contributed by atoms with Gasteiger partial charge < -0.3 is 9.64 Å². The number of ether oxygens (including phenoxy) is 1. The Morgan fingerprint density at radius 3 is 2.46 bits per heavy atom. The maximum Gasteiger partial charge on any atom is 0.270 e. The second-order valence-corrected chi connectivity index (χ2v) is 11.2. The Labute approximate surface area is 227 Å². The van der Waals surface area contributed by atoms with Gasteiger partial charge in [-0.3, -0.25) is 19.1 Å². The molecule has 0 N–H and O–H groups in total. The summed E-state index contributed by atoms with van der Waals surface area (Å²) in [5.74, 6) is 0.589. The van der Waals surface area contributed by atoms with Crippen LogP contribution in [0.1, 0.15) is 49.4 Å². The normalized spacial score (nSPS) is 21.1. The number of morpholine rings is 1. The maximum absolute atomic E-state index is 13.5. The van der Waals surface area contributed by atoms with Crippen LogP contribution in [0.3, 0.4) is 0 Å². The van der Waals surface area contributed by atoms with Crippen LogP contribution in [0.25, 0.3) is 6.08 Å². The van der Waals surface area contributed by atoms with E-state index in [4.69, 9.17) is 17.0 Å². The third kappa shape index (κ3) is 5.66. The molecule has 3 heterocycles. The van der Waals surface area contributed by atoms with Crippen LogP contribution in [-0.2, 0) is 22.5 Å². The fourth-order valence-electron chi connectivity index (χ4n) is 4.98. The zero-order valence-electron chi connectivity index (χ0n) is 21.7. The van der Waals surface area contributed by atoms with Gasteiger partial charge in [-0.1, -0.05) is 61.2 Å². The molecule has 0 bridgehead atoms. The van der Waals surface area contributed by atoms with Gasteiger partial charge in [-0.05, 0) is 50.8 Å². The van der Waals surface area contributed by atoms with Gasteiger partial charge in [0, 0.05) is 31.7 Å². The molecule has 2 aliphatic heterocycles. The van der Waals surface area contributed by atoms with Gasteiger partial charge in [0.15, 0.2) is 0 Å². The van der Waals surface area contributed by atoms with Crippen LogP contribution in [0.2, 0.25) is 0 Å². The Hall–Kier alpha value is -2.93. The first-order valence-corrected chi connectivity index (χ1v) is 13.8. The van der Waals surface area contributed by atoms with Crippen LogP contribution in [0.15, 0.2) is 40.0 Å². The van der Waals surface area contributed by atoms with Crippen molar-refractivity contribution in [1.82, 2.24) is 9.47 Å². The van der Waals surface area contributed by atoms with E-state index >= 15 is 0 Å². The summed E-state index contributed by atoms with van der Waals surface area (Å²) in [5, 5.41) is 9.86. The van der Waals surface area contributed by atoms with Gasteiger partial charge in [-0.15, -0.1) is 0 Å². The predicted molar refractivity (Wildman–Crippen MR) is 153 cm³/mol. The molecule has 1 aromatic carbocycles. The topological polar surface area (TPSA) is 78.6 Å². The molecular weight excluding hydrogens is 504 g/mol. The maximum atomic E-state index is 13.5. The molecule has 1 amide bonds. The first-order chi connectivity index (χ1) is 17.7. The molecule has 194 valence electrons. The molecule has 0 saturated carbocycles. The molecule has 4 rings (SSSR count). The highest BCUT2D eigenvalue weighted by molar-refractivity contribution is 8.26. The molecule has 0 aliphatic carbocycles. The van der Waals surface area contributed by atoms with Gasteiger partial charge in [0.05, 0.1) is 17.1 Å². The number of hydrogen-bond donors (Lipinski definition) is 0. The van der Waals surface area contributed by atoms with Crippen molar-refractivity contribution in [3.63, 3.8) is 0 Å². The number of carbonyl (C=O) groups is 1. The minimum Gasteiger partial charge on any atom is -0.372 e. The second kappa shape index (κ2) is 11.6. The van der Waals surface area contributed by atoms with Crippen molar-refractivity contribution in [3.05, 3.63) is 67.8 Å². The predicted octanol–water partition coefficient (Wildman–Crippen LogP) is 4.50. The fourth-order valence-corrected chi connectivity index (χ4v) is 6.27. The molecule has 2 aromatic rings. The lowest BCUT2D eigenvalue weighted by Crippen LogP contribution is -2.48. The first kappa shape index (κ1) is 27.1. The van der Waals surface area contributed by atoms with E-state index in [9.17, 15) is 14.9 Å². The molecule has 7 nitrogen and oxygen atoms in total. The highest BCUT2D eigenvalue weighted by Crippen LogP contribution is 2.36. The van der Waals surface area contributed by atoms with Crippen LogP contribution < -0.4 is 10.5 Å². The number of nitrogens with zero attached hydrogens (tertiary/aromatic N) is 4. The lowest BCUT2D eigenvalue weighted by Gasteiger charge is -2.39. The standard InChI is InChI=1S/C28H32N4O3S2/c1-5-12-31-25(30-16-18(2)35-19(3)17-30)22(20(4)23(15-29)26(31)33)14-24-27(34)32(28(36)37-24)13-11-21-9-7-6-8-10-21/h6-10,14,18-19H,5,11-13,16-17H2,1-4H3. The van der Waals surface area contributed by atoms with Crippen LogP contribution >= 0.6 is 24.0 Å². The van der Waals surface area contributed by atoms with E-state index in [0.29, 0.717) is 47.4 Å². The number of thiocarbonyl (C=S) groups is 1. The molecule has 37 heavy (non-hydrogen) atoms. The molecule has 0 radical (unpaired) electrons. The zero-order chi connectivity index (χ0) is 26.7. The van der Waals surface area contributed by atoms with Crippen LogP contribution in [-0.4, -0.2) is 51.5 Å². The third-order valence-corrected chi connectivity index (χ3v) is 8.01. The minimum atomic E-state index is -0.295. The Kier molecular flexibility index (Phi) is 8.53. The summed E-state index contributed by atoms with van der Waals surface area (Å²) in [6.07, 6.45) is 3.22. The van der Waals surface area contributed by atoms with Crippen molar-refractivity contribution in [2.45, 2.75) is 59.3 Å². The lowest BCUT2D eigenvalue weighted by molar-refractivity contribution is -0.122. The number of benzene rings is 1. The van der Waals surface area contributed by atoms with E-state index in [1.54, 1.807) is 16.4 Å². The summed E-state index contributed by atoms with van der Waals surface area (Å²) < 4.78 is 8.15. The molecule has 0 spiro atoms. The smallest absolute Gasteiger partial charge is 0.270 e. The van der Waals surface area contributed by atoms with Crippen molar-refractivity contribution in [2.75, 3.05) is 24.5 Å². The van der Waals surface area contributed by atoms with Crippen molar-refractivity contribution >= 4 is 46.1 Å². The van der Waals surface area contributed by atoms with Gasteiger partial charge in [0.2, 0.25) is 0 Å². The summed E-state index contributed by atoms with van der Waals surface area (Å²) in [6.45, 7) is 10.0. The second-order valence-electron chi connectivity index (χ2n) is 9.54. The zero-order valence-corrected chi connectivity index (χ0v) is 23.3. The molecule has 1 aromatic heterocycles. The van der Waals surface area contributed by atoms with Crippen molar-refractivity contribution < 1.29 is 9.53 Å². The first-order valence-electron chi connectivity index (χ1n) is 12.6. The molecule has 9 heteroatoms. The Morgan fingerprint density at radius 1 is 1.16 bits per heavy atom. The van der Waals surface area contributed by atoms with Gasteiger partial charge in [0.1, 0.15) is 21.8 Å². The third-order valence-electron chi connectivity index (χ3n) is 6.63. The van der Waals surface area contributed by atoms with Gasteiger partial charge in [0.25, 0.3) is 11.5 Å². The van der Waals surface area contributed by atoms with E-state index in [2.05, 4.69) is 11.0 Å². The Morgan fingerprint density at radius 2 is 1.84 bits per heavy atom. The number of amides is 1. The van der Waals surface area contributed by atoms with E-state index in [1.165, 1.54) is 11.8 Å². The monoisotopic (exact) mass is 536 g/mol. The fraction of sp³-hybridized carbons (Fsp3) is 0.429. The van der Waals surface area contributed by atoms with Crippen LogP contribution in [0.4, 0.5) is 5.82 Å². The van der Waals surface area contributed by atoms with Crippen LogP contribution in [0.5, 0.6) is 0 Å². The number of rotatable bonds is 7. The number of hydrogen-bond acceptors (Lipinski definition) is 7. The van der Waals surface area contributed by atoms with Gasteiger partial charge in [-0.2, -0.15) is 5.26 Å². The number of anilines is 1. The van der Waals surface area contributed by atoms with Gasteiger partial charge >= 0.3 is 0 Å². The van der Waals surface area contributed by atoms with E-state index in [0.717, 1.165) is 23.4 Å². The Bertz CT molecular complexity index is 1320. The summed E-state index contributed by atoms with van der Waals surface area (Å²) in [5.41, 5.74) is 2.25. The summed E-state index contributed by atoms with van der Waals surface area (Å²) in [6, 6.07) is 12.1. The largest absolute Gasteiger partial charge is 0.372 e. The number of nitriles is 1. The molecule has 2 saturated heterocycles. The molecule has 2 unspecified atom stereocenters. The number of thioether (sulfide) groups is 1.